The molecular weight excluding hydrogens is 366 g/mol. The van der Waals surface area contributed by atoms with Gasteiger partial charge >= 0.3 is 0 Å². The van der Waals surface area contributed by atoms with Gasteiger partial charge in [-0.3, -0.25) is 4.79 Å². The maximum absolute atomic E-state index is 12.2. The normalized spacial score (nSPS) is 12.8. The predicted octanol–water partition coefficient (Wildman–Crippen LogP) is 2.55. The summed E-state index contributed by atoms with van der Waals surface area (Å²) in [4.78, 5) is 12.1. The molecule has 1 N–H and O–H groups in total. The smallest absolute Gasteiger partial charge is 0.231 e. The van der Waals surface area contributed by atoms with Crippen LogP contribution in [0.5, 0.6) is 11.5 Å². The van der Waals surface area contributed by atoms with Gasteiger partial charge in [-0.25, -0.2) is 8.42 Å². The van der Waals surface area contributed by atoms with Crippen molar-refractivity contribution in [2.24, 2.45) is 0 Å². The van der Waals surface area contributed by atoms with Gasteiger partial charge in [0, 0.05) is 18.0 Å². The molecule has 1 amide bonds. The van der Waals surface area contributed by atoms with Gasteiger partial charge in [0.05, 0.1) is 10.6 Å². The van der Waals surface area contributed by atoms with Gasteiger partial charge in [0.2, 0.25) is 12.7 Å². The summed E-state index contributed by atoms with van der Waals surface area (Å²) in [5.74, 6) is 0.707. The standard InChI is InChI=1S/C17H16ClNO5S/c18-13-2-4-14(5-3-13)25(21,22)8-7-17(20)19-10-12-1-6-15-16(9-12)24-11-23-15/h1-6,9H,7-8,10-11H2,(H,19,20). The number of hydrogen-bond acceptors (Lipinski definition) is 5. The van der Waals surface area contributed by atoms with E-state index in [9.17, 15) is 13.2 Å². The average Bonchev–Trinajstić information content (AvgIpc) is 3.06. The highest BCUT2D eigenvalue weighted by molar-refractivity contribution is 7.91. The van der Waals surface area contributed by atoms with E-state index in [4.69, 9.17) is 21.1 Å². The third kappa shape index (κ3) is 4.43. The summed E-state index contributed by atoms with van der Waals surface area (Å²) < 4.78 is 34.9. The van der Waals surface area contributed by atoms with Crippen LogP contribution in [0.4, 0.5) is 0 Å². The molecule has 0 bridgehead atoms. The number of sulfone groups is 1. The van der Waals surface area contributed by atoms with Crippen LogP contribution in [-0.2, 0) is 21.2 Å². The van der Waals surface area contributed by atoms with E-state index in [0.29, 0.717) is 16.5 Å². The third-order valence-electron chi connectivity index (χ3n) is 3.70. The maximum atomic E-state index is 12.2. The van der Waals surface area contributed by atoms with E-state index in [2.05, 4.69) is 5.32 Å². The fraction of sp³-hybridized carbons (Fsp3) is 0.235. The summed E-state index contributed by atoms with van der Waals surface area (Å²) in [6.45, 7) is 0.476. The minimum atomic E-state index is -3.52. The van der Waals surface area contributed by atoms with Crippen LogP contribution >= 0.6 is 11.6 Å². The zero-order valence-electron chi connectivity index (χ0n) is 13.2. The van der Waals surface area contributed by atoms with E-state index in [0.717, 1.165) is 5.56 Å². The second-order valence-electron chi connectivity index (χ2n) is 5.49. The summed E-state index contributed by atoms with van der Waals surface area (Å²) in [5, 5.41) is 3.16. The topological polar surface area (TPSA) is 81.7 Å². The molecule has 0 fully saturated rings. The lowest BCUT2D eigenvalue weighted by atomic mass is 10.2. The fourth-order valence-corrected chi connectivity index (χ4v) is 3.69. The highest BCUT2D eigenvalue weighted by Gasteiger charge is 2.17. The van der Waals surface area contributed by atoms with Crippen LogP contribution in [0, 0.1) is 0 Å². The van der Waals surface area contributed by atoms with Gasteiger partial charge in [-0.15, -0.1) is 0 Å². The molecule has 1 heterocycles. The number of halogens is 1. The largest absolute Gasteiger partial charge is 0.454 e. The number of benzene rings is 2. The number of rotatable bonds is 6. The highest BCUT2D eigenvalue weighted by Crippen LogP contribution is 2.32. The summed E-state index contributed by atoms with van der Waals surface area (Å²) >= 11 is 5.75. The number of carbonyl (C=O) groups excluding carboxylic acids is 1. The summed E-state index contributed by atoms with van der Waals surface area (Å²) in [7, 11) is -3.52. The van der Waals surface area contributed by atoms with Crippen LogP contribution in [0.25, 0.3) is 0 Å². The SMILES string of the molecule is O=C(CCS(=O)(=O)c1ccc(Cl)cc1)NCc1ccc2c(c1)OCO2. The van der Waals surface area contributed by atoms with Crippen molar-refractivity contribution in [1.29, 1.82) is 0 Å². The third-order valence-corrected chi connectivity index (χ3v) is 5.68. The van der Waals surface area contributed by atoms with Gasteiger partial charge < -0.3 is 14.8 Å². The average molecular weight is 382 g/mol. The minimum absolute atomic E-state index is 0.116. The van der Waals surface area contributed by atoms with Crippen molar-refractivity contribution in [1.82, 2.24) is 5.32 Å². The molecule has 0 unspecified atom stereocenters. The molecular formula is C17H16ClNO5S. The molecule has 132 valence electrons. The number of nitrogens with one attached hydrogen (secondary N) is 1. The molecule has 0 saturated carbocycles. The quantitative estimate of drug-likeness (QED) is 0.831. The molecule has 0 saturated heterocycles. The van der Waals surface area contributed by atoms with Crippen LogP contribution < -0.4 is 14.8 Å². The van der Waals surface area contributed by atoms with Crippen LogP contribution in [0.2, 0.25) is 5.02 Å². The number of fused-ring (bicyclic) bond motifs is 1. The maximum Gasteiger partial charge on any atom is 0.231 e. The monoisotopic (exact) mass is 381 g/mol. The zero-order chi connectivity index (χ0) is 17.9. The van der Waals surface area contributed by atoms with Crippen LogP contribution in [0.1, 0.15) is 12.0 Å². The Morgan fingerprint density at radius 1 is 1.08 bits per heavy atom. The van der Waals surface area contributed by atoms with Crippen molar-refractivity contribution in [3.8, 4) is 11.5 Å². The molecule has 0 aromatic heterocycles. The van der Waals surface area contributed by atoms with Gasteiger partial charge in [-0.05, 0) is 42.0 Å². The van der Waals surface area contributed by atoms with Crippen molar-refractivity contribution >= 4 is 27.3 Å². The van der Waals surface area contributed by atoms with E-state index in [1.165, 1.54) is 24.3 Å². The Balaban J connectivity index is 1.52. The van der Waals surface area contributed by atoms with Crippen LogP contribution in [-0.4, -0.2) is 26.9 Å². The molecule has 3 rings (SSSR count). The molecule has 2 aromatic carbocycles. The first-order chi connectivity index (χ1) is 11.9. The zero-order valence-corrected chi connectivity index (χ0v) is 14.8. The van der Waals surface area contributed by atoms with E-state index in [1.54, 1.807) is 12.1 Å². The van der Waals surface area contributed by atoms with E-state index < -0.39 is 9.84 Å². The van der Waals surface area contributed by atoms with Crippen LogP contribution in [0.3, 0.4) is 0 Å². The minimum Gasteiger partial charge on any atom is -0.454 e. The summed E-state index contributed by atoms with van der Waals surface area (Å²) in [6.07, 6.45) is -0.116. The van der Waals surface area contributed by atoms with Crippen LogP contribution in [0.15, 0.2) is 47.4 Å². The molecule has 1 aliphatic rings. The number of amides is 1. The molecule has 0 atom stereocenters. The molecule has 8 heteroatoms. The Morgan fingerprint density at radius 2 is 1.80 bits per heavy atom. The lowest BCUT2D eigenvalue weighted by Gasteiger charge is -2.07. The first-order valence-electron chi connectivity index (χ1n) is 7.57. The number of hydrogen-bond donors (Lipinski definition) is 1. The van der Waals surface area contributed by atoms with Crippen molar-refractivity contribution in [3.05, 3.63) is 53.1 Å². The molecule has 6 nitrogen and oxygen atoms in total. The Labute approximate surface area is 150 Å². The second kappa shape index (κ2) is 7.33. The Hall–Kier alpha value is -2.25. The Bertz CT molecular complexity index is 880. The number of ether oxygens (including phenoxy) is 2. The van der Waals surface area contributed by atoms with Gasteiger partial charge in [0.1, 0.15) is 0 Å². The fourth-order valence-electron chi connectivity index (χ4n) is 2.33. The molecule has 25 heavy (non-hydrogen) atoms. The Morgan fingerprint density at radius 3 is 2.56 bits per heavy atom. The number of carbonyl (C=O) groups is 1. The molecule has 0 spiro atoms. The lowest BCUT2D eigenvalue weighted by molar-refractivity contribution is -0.120. The predicted molar refractivity (Wildman–Crippen MR) is 92.5 cm³/mol. The van der Waals surface area contributed by atoms with Crippen molar-refractivity contribution in [2.75, 3.05) is 12.5 Å². The van der Waals surface area contributed by atoms with E-state index in [-0.39, 0.29) is 36.3 Å². The molecule has 1 aliphatic heterocycles. The van der Waals surface area contributed by atoms with Gasteiger partial charge in [0.25, 0.3) is 0 Å². The van der Waals surface area contributed by atoms with Gasteiger partial charge in [-0.1, -0.05) is 17.7 Å². The van der Waals surface area contributed by atoms with Gasteiger partial charge in [-0.2, -0.15) is 0 Å². The van der Waals surface area contributed by atoms with Gasteiger partial charge in [0.15, 0.2) is 21.3 Å². The second-order valence-corrected chi connectivity index (χ2v) is 8.03. The van der Waals surface area contributed by atoms with Crippen molar-refractivity contribution < 1.29 is 22.7 Å². The summed E-state index contributed by atoms with van der Waals surface area (Å²) in [6, 6.07) is 11.3. The van der Waals surface area contributed by atoms with E-state index in [1.807, 2.05) is 6.07 Å². The molecule has 2 aromatic rings. The molecule has 0 radical (unpaired) electrons. The van der Waals surface area contributed by atoms with E-state index >= 15 is 0 Å². The highest BCUT2D eigenvalue weighted by atomic mass is 35.5. The summed E-state index contributed by atoms with van der Waals surface area (Å²) in [5.41, 5.74) is 0.846. The lowest BCUT2D eigenvalue weighted by Crippen LogP contribution is -2.25. The first kappa shape index (κ1) is 17.6. The molecule has 0 aliphatic carbocycles. The van der Waals surface area contributed by atoms with Crippen molar-refractivity contribution in [3.63, 3.8) is 0 Å². The van der Waals surface area contributed by atoms with Crippen molar-refractivity contribution in [2.45, 2.75) is 17.9 Å². The first-order valence-corrected chi connectivity index (χ1v) is 9.61. The Kier molecular flexibility index (Phi) is 5.15.